The van der Waals surface area contributed by atoms with Gasteiger partial charge in [-0.3, -0.25) is 0 Å². The van der Waals surface area contributed by atoms with Crippen molar-refractivity contribution in [3.05, 3.63) is 53.6 Å². The molecule has 0 aliphatic carbocycles. The zero-order valence-corrected chi connectivity index (χ0v) is 14.1. The van der Waals surface area contributed by atoms with Gasteiger partial charge in [-0.05, 0) is 42.5 Å². The molecule has 1 radical (unpaired) electrons. The third-order valence-corrected chi connectivity index (χ3v) is 2.75. The fraction of sp³-hybridized carbons (Fsp3) is 0.0667. The van der Waals surface area contributed by atoms with Crippen LogP contribution in [-0.4, -0.2) is 58.8 Å². The average Bonchev–Trinajstić information content (AvgIpc) is 2.47. The third-order valence-electron chi connectivity index (χ3n) is 2.75. The molecule has 0 unspecified atom stereocenters. The Morgan fingerprint density at radius 2 is 1.50 bits per heavy atom. The zero-order valence-electron chi connectivity index (χ0n) is 12.1. The zero-order chi connectivity index (χ0) is 15.4. The summed E-state index contributed by atoms with van der Waals surface area (Å²) in [6, 6.07) is 10.1. The Labute approximate surface area is 148 Å². The minimum atomic E-state index is -1.20. The molecule has 0 aliphatic rings. The van der Waals surface area contributed by atoms with Crippen molar-refractivity contribution in [1.29, 1.82) is 0 Å². The molecule has 0 bridgehead atoms. The van der Waals surface area contributed by atoms with E-state index < -0.39 is 11.9 Å². The van der Waals surface area contributed by atoms with Gasteiger partial charge in [0.2, 0.25) is 0 Å². The van der Waals surface area contributed by atoms with Gasteiger partial charge in [0.15, 0.2) is 0 Å². The van der Waals surface area contributed by atoms with E-state index in [0.717, 1.165) is 0 Å². The van der Waals surface area contributed by atoms with Crippen molar-refractivity contribution in [2.75, 3.05) is 7.11 Å². The van der Waals surface area contributed by atoms with E-state index in [4.69, 9.17) is 19.7 Å². The van der Waals surface area contributed by atoms with Crippen LogP contribution in [-0.2, 0) is 0 Å². The molecule has 6 nitrogen and oxygen atoms in total. The SMILES string of the molecule is COc1ccc(Oc2cc(C(=O)O)ccc2C(=O)O)cc1.[Na]. The Hall–Kier alpha value is -2.02. The summed E-state index contributed by atoms with van der Waals surface area (Å²) in [5.74, 6) is -1.39. The molecule has 0 aromatic heterocycles. The van der Waals surface area contributed by atoms with E-state index in [0.29, 0.717) is 11.5 Å². The van der Waals surface area contributed by atoms with Gasteiger partial charge in [-0.25, -0.2) is 9.59 Å². The van der Waals surface area contributed by atoms with E-state index >= 15 is 0 Å². The van der Waals surface area contributed by atoms with Crippen LogP contribution < -0.4 is 9.47 Å². The smallest absolute Gasteiger partial charge is 0.339 e. The number of hydrogen-bond donors (Lipinski definition) is 2. The van der Waals surface area contributed by atoms with Gasteiger partial charge in [-0.1, -0.05) is 0 Å². The van der Waals surface area contributed by atoms with E-state index in [2.05, 4.69) is 0 Å². The molecular weight excluding hydrogens is 299 g/mol. The molecular formula is C15H12NaO6. The molecule has 2 aromatic carbocycles. The van der Waals surface area contributed by atoms with Crippen LogP contribution in [0.15, 0.2) is 42.5 Å². The number of carbonyl (C=O) groups is 2. The first-order valence-electron chi connectivity index (χ1n) is 5.94. The molecule has 0 fully saturated rings. The summed E-state index contributed by atoms with van der Waals surface area (Å²) >= 11 is 0. The minimum Gasteiger partial charge on any atom is -0.497 e. The summed E-state index contributed by atoms with van der Waals surface area (Å²) in [7, 11) is 1.52. The Morgan fingerprint density at radius 1 is 0.909 bits per heavy atom. The first kappa shape index (κ1) is 18.0. The van der Waals surface area contributed by atoms with Crippen LogP contribution in [0.1, 0.15) is 20.7 Å². The van der Waals surface area contributed by atoms with Crippen LogP contribution >= 0.6 is 0 Å². The predicted octanol–water partition coefficient (Wildman–Crippen LogP) is 2.50. The van der Waals surface area contributed by atoms with Crippen molar-refractivity contribution in [3.8, 4) is 17.2 Å². The van der Waals surface area contributed by atoms with Gasteiger partial charge in [-0.15, -0.1) is 0 Å². The van der Waals surface area contributed by atoms with Gasteiger partial charge >= 0.3 is 11.9 Å². The normalized spacial score (nSPS) is 9.50. The van der Waals surface area contributed by atoms with Crippen molar-refractivity contribution >= 4 is 41.5 Å². The van der Waals surface area contributed by atoms with Crippen LogP contribution in [0.25, 0.3) is 0 Å². The van der Waals surface area contributed by atoms with Crippen molar-refractivity contribution in [2.45, 2.75) is 0 Å². The van der Waals surface area contributed by atoms with Crippen molar-refractivity contribution < 1.29 is 29.3 Å². The molecule has 7 heteroatoms. The number of rotatable bonds is 5. The third kappa shape index (κ3) is 4.24. The van der Waals surface area contributed by atoms with Crippen molar-refractivity contribution in [3.63, 3.8) is 0 Å². The number of hydrogen-bond acceptors (Lipinski definition) is 4. The van der Waals surface area contributed by atoms with E-state index in [-0.39, 0.29) is 46.4 Å². The number of ether oxygens (including phenoxy) is 2. The van der Waals surface area contributed by atoms with Crippen molar-refractivity contribution in [1.82, 2.24) is 0 Å². The molecule has 2 rings (SSSR count). The van der Waals surface area contributed by atoms with Crippen LogP contribution in [0, 0.1) is 0 Å². The molecule has 0 spiro atoms. The molecule has 0 amide bonds. The monoisotopic (exact) mass is 311 g/mol. The summed E-state index contributed by atoms with van der Waals surface area (Å²) in [6.45, 7) is 0. The van der Waals surface area contributed by atoms with Crippen LogP contribution in [0.3, 0.4) is 0 Å². The second-order valence-corrected chi connectivity index (χ2v) is 4.10. The largest absolute Gasteiger partial charge is 0.497 e. The number of benzene rings is 2. The average molecular weight is 311 g/mol. The van der Waals surface area contributed by atoms with E-state index in [1.807, 2.05) is 0 Å². The summed E-state index contributed by atoms with van der Waals surface area (Å²) in [5, 5.41) is 18.1. The van der Waals surface area contributed by atoms with Gasteiger partial charge in [0.25, 0.3) is 0 Å². The summed E-state index contributed by atoms with van der Waals surface area (Å²) < 4.78 is 10.5. The van der Waals surface area contributed by atoms with Crippen LogP contribution in [0.5, 0.6) is 17.2 Å². The van der Waals surface area contributed by atoms with Gasteiger partial charge in [0.05, 0.1) is 12.7 Å². The fourth-order valence-electron chi connectivity index (χ4n) is 1.69. The second kappa shape index (κ2) is 7.84. The standard InChI is InChI=1S/C15H12O6.Na/c1-20-10-3-5-11(6-4-10)21-13-8-9(14(16)17)2-7-12(13)15(18)19;/h2-8H,1H3,(H,16,17)(H,18,19);. The number of methoxy groups -OCH3 is 1. The Bertz CT molecular complexity index is 681. The van der Waals surface area contributed by atoms with Gasteiger partial charge in [0.1, 0.15) is 22.8 Å². The number of carboxylic acid groups (broad SMARTS) is 2. The Balaban J connectivity index is 0.00000242. The molecule has 0 heterocycles. The Kier molecular flexibility index (Phi) is 6.42. The molecule has 0 atom stereocenters. The van der Waals surface area contributed by atoms with Gasteiger partial charge in [0, 0.05) is 29.6 Å². The molecule has 0 saturated heterocycles. The summed E-state index contributed by atoms with van der Waals surface area (Å²) in [4.78, 5) is 22.1. The van der Waals surface area contributed by atoms with E-state index in [9.17, 15) is 9.59 Å². The molecule has 2 aromatic rings. The van der Waals surface area contributed by atoms with Crippen LogP contribution in [0.2, 0.25) is 0 Å². The quantitative estimate of drug-likeness (QED) is 0.824. The van der Waals surface area contributed by atoms with Gasteiger partial charge < -0.3 is 19.7 Å². The maximum absolute atomic E-state index is 11.1. The number of aromatic carboxylic acids is 2. The first-order chi connectivity index (χ1) is 10.0. The van der Waals surface area contributed by atoms with E-state index in [1.54, 1.807) is 24.3 Å². The summed E-state index contributed by atoms with van der Waals surface area (Å²) in [5.41, 5.74) is -0.167. The maximum Gasteiger partial charge on any atom is 0.339 e. The Morgan fingerprint density at radius 3 is 2.00 bits per heavy atom. The molecule has 0 aliphatic heterocycles. The van der Waals surface area contributed by atoms with Gasteiger partial charge in [-0.2, -0.15) is 0 Å². The maximum atomic E-state index is 11.1. The minimum absolute atomic E-state index is 0. The molecule has 2 N–H and O–H groups in total. The van der Waals surface area contributed by atoms with Crippen LogP contribution in [0.4, 0.5) is 0 Å². The van der Waals surface area contributed by atoms with Crippen molar-refractivity contribution in [2.24, 2.45) is 0 Å². The molecule has 22 heavy (non-hydrogen) atoms. The first-order valence-corrected chi connectivity index (χ1v) is 5.94. The fourth-order valence-corrected chi connectivity index (χ4v) is 1.69. The van der Waals surface area contributed by atoms with E-state index in [1.165, 1.54) is 25.3 Å². The predicted molar refractivity (Wildman–Crippen MR) is 79.2 cm³/mol. The summed E-state index contributed by atoms with van der Waals surface area (Å²) in [6.07, 6.45) is 0. The molecule has 109 valence electrons. The second-order valence-electron chi connectivity index (χ2n) is 4.10. The molecule has 0 saturated carbocycles. The number of carboxylic acids is 2. The topological polar surface area (TPSA) is 93.1 Å².